The maximum Gasteiger partial charge on any atom is 0.282 e. The number of nitro groups is 1. The van der Waals surface area contributed by atoms with Gasteiger partial charge in [0.15, 0.2) is 0 Å². The molecular weight excluding hydrogens is 296 g/mol. The lowest BCUT2D eigenvalue weighted by Crippen LogP contribution is -2.26. The Balaban J connectivity index is 1.78. The number of carbonyl (C=O) groups is 1. The summed E-state index contributed by atoms with van der Waals surface area (Å²) in [7, 11) is 0. The maximum atomic E-state index is 12.0. The number of nitrogens with zero attached hydrogens (tertiary/aromatic N) is 1. The summed E-state index contributed by atoms with van der Waals surface area (Å²) < 4.78 is 5.58. The first-order chi connectivity index (χ1) is 11.1. The number of nitro benzene ring substituents is 1. The third kappa shape index (κ3) is 4.81. The lowest BCUT2D eigenvalue weighted by atomic mass is 10.1. The Kier molecular flexibility index (Phi) is 5.68. The van der Waals surface area contributed by atoms with E-state index < -0.39 is 10.8 Å². The van der Waals surface area contributed by atoms with Gasteiger partial charge >= 0.3 is 0 Å². The summed E-state index contributed by atoms with van der Waals surface area (Å²) in [5.74, 6) is 0.336. The first kappa shape index (κ1) is 16.5. The lowest BCUT2D eigenvalue weighted by Gasteiger charge is -2.08. The number of nitrogens with one attached hydrogen (secondary N) is 1. The second kappa shape index (κ2) is 7.93. The van der Waals surface area contributed by atoms with Gasteiger partial charge in [0.25, 0.3) is 11.6 Å². The molecule has 23 heavy (non-hydrogen) atoms. The van der Waals surface area contributed by atoms with E-state index in [2.05, 4.69) is 5.32 Å². The number of benzene rings is 2. The molecule has 1 N–H and O–H groups in total. The third-order valence-corrected chi connectivity index (χ3v) is 3.21. The van der Waals surface area contributed by atoms with E-state index in [1.54, 1.807) is 6.07 Å². The van der Waals surface area contributed by atoms with E-state index >= 15 is 0 Å². The molecular formula is C17H18N2O4. The summed E-state index contributed by atoms with van der Waals surface area (Å²) in [5.41, 5.74) is 0.991. The monoisotopic (exact) mass is 314 g/mol. The van der Waals surface area contributed by atoms with Crippen LogP contribution in [0.4, 0.5) is 5.69 Å². The Hall–Kier alpha value is -2.89. The van der Waals surface area contributed by atoms with Crippen LogP contribution in [0.15, 0.2) is 48.5 Å². The van der Waals surface area contributed by atoms with Crippen molar-refractivity contribution in [1.29, 1.82) is 0 Å². The fourth-order valence-electron chi connectivity index (χ4n) is 2.09. The molecule has 0 aromatic heterocycles. The normalized spacial score (nSPS) is 10.1. The number of carbonyl (C=O) groups excluding carboxylic acids is 1. The van der Waals surface area contributed by atoms with Gasteiger partial charge in [0.2, 0.25) is 0 Å². The van der Waals surface area contributed by atoms with Crippen LogP contribution in [-0.4, -0.2) is 24.0 Å². The highest BCUT2D eigenvalue weighted by Crippen LogP contribution is 2.17. The van der Waals surface area contributed by atoms with E-state index in [0.717, 1.165) is 11.3 Å². The Morgan fingerprint density at radius 2 is 2.00 bits per heavy atom. The molecule has 6 nitrogen and oxygen atoms in total. The first-order valence-corrected chi connectivity index (χ1v) is 7.29. The van der Waals surface area contributed by atoms with Crippen LogP contribution in [-0.2, 0) is 0 Å². The number of para-hydroxylation sites is 1. The summed E-state index contributed by atoms with van der Waals surface area (Å²) in [6.45, 7) is 2.83. The minimum atomic E-state index is -0.560. The topological polar surface area (TPSA) is 81.5 Å². The zero-order valence-electron chi connectivity index (χ0n) is 12.8. The van der Waals surface area contributed by atoms with Crippen LogP contribution in [0.3, 0.4) is 0 Å². The minimum Gasteiger partial charge on any atom is -0.494 e. The molecule has 0 saturated carbocycles. The highest BCUT2D eigenvalue weighted by Gasteiger charge is 2.18. The standard InChI is InChI=1S/C17H18N2O4/c1-13-6-4-7-14(12-13)23-11-5-10-18-17(20)15-8-2-3-9-16(15)19(21)22/h2-4,6-9,12H,5,10-11H2,1H3,(H,18,20). The van der Waals surface area contributed by atoms with Gasteiger partial charge in [0.1, 0.15) is 11.3 Å². The van der Waals surface area contributed by atoms with Gasteiger partial charge in [-0.05, 0) is 37.1 Å². The minimum absolute atomic E-state index is 0.0668. The van der Waals surface area contributed by atoms with E-state index in [1.807, 2.05) is 31.2 Å². The molecule has 0 aliphatic rings. The third-order valence-electron chi connectivity index (χ3n) is 3.21. The highest BCUT2D eigenvalue weighted by atomic mass is 16.6. The van der Waals surface area contributed by atoms with E-state index in [9.17, 15) is 14.9 Å². The molecule has 0 heterocycles. The zero-order chi connectivity index (χ0) is 16.7. The number of hydrogen-bond acceptors (Lipinski definition) is 4. The van der Waals surface area contributed by atoms with E-state index in [-0.39, 0.29) is 11.3 Å². The van der Waals surface area contributed by atoms with Crippen molar-refractivity contribution in [1.82, 2.24) is 5.32 Å². The van der Waals surface area contributed by atoms with Gasteiger partial charge in [-0.3, -0.25) is 14.9 Å². The van der Waals surface area contributed by atoms with Gasteiger partial charge < -0.3 is 10.1 Å². The number of amides is 1. The second-order valence-corrected chi connectivity index (χ2v) is 5.05. The summed E-state index contributed by atoms with van der Waals surface area (Å²) >= 11 is 0. The van der Waals surface area contributed by atoms with Gasteiger partial charge in [-0.1, -0.05) is 24.3 Å². The van der Waals surface area contributed by atoms with E-state index in [4.69, 9.17) is 4.74 Å². The molecule has 0 aliphatic heterocycles. The van der Waals surface area contributed by atoms with Crippen LogP contribution >= 0.6 is 0 Å². The molecule has 0 unspecified atom stereocenters. The molecule has 1 amide bonds. The first-order valence-electron chi connectivity index (χ1n) is 7.29. The van der Waals surface area contributed by atoms with Crippen molar-refractivity contribution in [2.45, 2.75) is 13.3 Å². The smallest absolute Gasteiger partial charge is 0.282 e. The van der Waals surface area contributed by atoms with Crippen LogP contribution in [0.5, 0.6) is 5.75 Å². The van der Waals surface area contributed by atoms with Crippen molar-refractivity contribution in [3.63, 3.8) is 0 Å². The fourth-order valence-corrected chi connectivity index (χ4v) is 2.09. The predicted molar refractivity (Wildman–Crippen MR) is 86.7 cm³/mol. The van der Waals surface area contributed by atoms with Gasteiger partial charge in [-0.25, -0.2) is 0 Å². The molecule has 0 aliphatic carbocycles. The average molecular weight is 314 g/mol. The van der Waals surface area contributed by atoms with Crippen molar-refractivity contribution < 1.29 is 14.5 Å². The summed E-state index contributed by atoms with van der Waals surface area (Å²) in [4.78, 5) is 22.3. The molecule has 0 spiro atoms. The summed E-state index contributed by atoms with van der Waals surface area (Å²) in [6, 6.07) is 13.6. The zero-order valence-corrected chi connectivity index (χ0v) is 12.8. The average Bonchev–Trinajstić information content (AvgIpc) is 2.54. The van der Waals surface area contributed by atoms with Gasteiger partial charge in [-0.2, -0.15) is 0 Å². The molecule has 120 valence electrons. The van der Waals surface area contributed by atoms with Crippen molar-refractivity contribution in [3.8, 4) is 5.75 Å². The molecule has 2 aromatic carbocycles. The van der Waals surface area contributed by atoms with Crippen LogP contribution in [0.1, 0.15) is 22.3 Å². The maximum absolute atomic E-state index is 12.0. The SMILES string of the molecule is Cc1cccc(OCCCNC(=O)c2ccccc2[N+](=O)[O-])c1. The number of aryl methyl sites for hydroxylation is 1. The molecule has 2 aromatic rings. The predicted octanol–water partition coefficient (Wildman–Crippen LogP) is 3.10. The van der Waals surface area contributed by atoms with Crippen LogP contribution in [0.2, 0.25) is 0 Å². The number of rotatable bonds is 7. The fraction of sp³-hybridized carbons (Fsp3) is 0.235. The molecule has 6 heteroatoms. The lowest BCUT2D eigenvalue weighted by molar-refractivity contribution is -0.385. The van der Waals surface area contributed by atoms with Gasteiger partial charge in [0, 0.05) is 12.6 Å². The van der Waals surface area contributed by atoms with Gasteiger partial charge in [-0.15, -0.1) is 0 Å². The Labute approximate surface area is 134 Å². The molecule has 0 atom stereocenters. The molecule has 0 fully saturated rings. The Bertz CT molecular complexity index is 700. The Morgan fingerprint density at radius 1 is 1.22 bits per heavy atom. The molecule has 0 saturated heterocycles. The van der Waals surface area contributed by atoms with Crippen LogP contribution in [0.25, 0.3) is 0 Å². The largest absolute Gasteiger partial charge is 0.494 e. The van der Waals surface area contributed by atoms with Gasteiger partial charge in [0.05, 0.1) is 11.5 Å². The Morgan fingerprint density at radius 3 is 2.74 bits per heavy atom. The second-order valence-electron chi connectivity index (χ2n) is 5.05. The van der Waals surface area contributed by atoms with E-state index in [1.165, 1.54) is 18.2 Å². The van der Waals surface area contributed by atoms with Crippen molar-refractivity contribution >= 4 is 11.6 Å². The quantitative estimate of drug-likeness (QED) is 0.483. The summed E-state index contributed by atoms with van der Waals surface area (Å²) in [5, 5.41) is 13.6. The number of hydrogen-bond donors (Lipinski definition) is 1. The molecule has 0 radical (unpaired) electrons. The van der Waals surface area contributed by atoms with Crippen LogP contribution in [0, 0.1) is 17.0 Å². The molecule has 0 bridgehead atoms. The van der Waals surface area contributed by atoms with Crippen molar-refractivity contribution in [2.75, 3.05) is 13.2 Å². The highest BCUT2D eigenvalue weighted by molar-refractivity contribution is 5.98. The van der Waals surface area contributed by atoms with Crippen molar-refractivity contribution in [2.24, 2.45) is 0 Å². The van der Waals surface area contributed by atoms with Crippen LogP contribution < -0.4 is 10.1 Å². The number of ether oxygens (including phenoxy) is 1. The van der Waals surface area contributed by atoms with E-state index in [0.29, 0.717) is 19.6 Å². The summed E-state index contributed by atoms with van der Waals surface area (Å²) in [6.07, 6.45) is 0.611. The molecule has 2 rings (SSSR count). The van der Waals surface area contributed by atoms with Crippen molar-refractivity contribution in [3.05, 3.63) is 69.8 Å².